The molecule has 1 aliphatic rings. The average Bonchev–Trinajstić information content (AvgIpc) is 2.55. The Morgan fingerprint density at radius 3 is 0.679 bits per heavy atom. The topological polar surface area (TPSA) is 162 Å². The lowest BCUT2D eigenvalue weighted by molar-refractivity contribution is 0.161. The summed E-state index contributed by atoms with van der Waals surface area (Å²) in [6, 6.07) is 0. The van der Waals surface area contributed by atoms with Crippen molar-refractivity contribution in [1.29, 1.82) is 0 Å². The Hall–Kier alpha value is 0.600. The Bertz CT molecular complexity index is 460. The van der Waals surface area contributed by atoms with Gasteiger partial charge in [0.15, 0.2) is 0 Å². The molecule has 28 heavy (non-hydrogen) atoms. The van der Waals surface area contributed by atoms with E-state index in [1.165, 1.54) is 0 Å². The van der Waals surface area contributed by atoms with Crippen LogP contribution in [0.3, 0.4) is 0 Å². The second-order valence-electron chi connectivity index (χ2n) is 6.68. The largest absolute Gasteiger partial charge is 0.345 e. The molecule has 0 aromatic carbocycles. The molecule has 1 rings (SSSR count). The summed E-state index contributed by atoms with van der Waals surface area (Å²) in [6.07, 6.45) is -0.0255. The first-order chi connectivity index (χ1) is 13.2. The van der Waals surface area contributed by atoms with Crippen LogP contribution >= 0.6 is 32.1 Å². The molecule has 4 N–H and O–H groups in total. The van der Waals surface area contributed by atoms with E-state index >= 15 is 0 Å². The highest BCUT2D eigenvalue weighted by molar-refractivity contribution is 7.38. The molecule has 0 saturated carbocycles. The Morgan fingerprint density at radius 2 is 0.571 bits per heavy atom. The molecular formula is C12H32N4O8P4. The number of nitrogens with zero attached hydrogens (tertiary/aromatic N) is 4. The standard InChI is InChI=1S/C12H32N4O8P4/c17-25(18)9-13-1-2-14(10-26(19)20)5-6-16(12-28(23)24)8-7-15(4-3-13)11-27(21)22/h25-28H,1-12H2,(H,17,18)(H,19,20)(H,21,22)(H,23,24). The Morgan fingerprint density at radius 1 is 0.429 bits per heavy atom. The second kappa shape index (κ2) is 14.6. The predicted octanol–water partition coefficient (Wildman–Crippen LogP) is -1.09. The van der Waals surface area contributed by atoms with E-state index in [0.29, 0.717) is 52.4 Å². The maximum Gasteiger partial charge on any atom is 0.202 e. The number of rotatable bonds is 8. The first-order valence-electron chi connectivity index (χ1n) is 8.92. The predicted molar refractivity (Wildman–Crippen MR) is 111 cm³/mol. The van der Waals surface area contributed by atoms with E-state index in [2.05, 4.69) is 0 Å². The van der Waals surface area contributed by atoms with Crippen LogP contribution in [0.5, 0.6) is 0 Å². The highest BCUT2D eigenvalue weighted by Gasteiger charge is 2.19. The third-order valence-electron chi connectivity index (χ3n) is 4.37. The van der Waals surface area contributed by atoms with Crippen molar-refractivity contribution in [2.75, 3.05) is 77.5 Å². The summed E-state index contributed by atoms with van der Waals surface area (Å²) in [4.78, 5) is 44.2. The smallest absolute Gasteiger partial charge is 0.202 e. The molecule has 4 unspecified atom stereocenters. The van der Waals surface area contributed by atoms with Crippen LogP contribution in [0.1, 0.15) is 0 Å². The van der Waals surface area contributed by atoms with Crippen LogP contribution < -0.4 is 0 Å². The van der Waals surface area contributed by atoms with E-state index in [1.54, 1.807) is 19.6 Å². The Kier molecular flexibility index (Phi) is 13.9. The summed E-state index contributed by atoms with van der Waals surface area (Å²) >= 11 is 0. The molecule has 1 saturated heterocycles. The van der Waals surface area contributed by atoms with Crippen molar-refractivity contribution in [2.45, 2.75) is 0 Å². The van der Waals surface area contributed by atoms with E-state index in [9.17, 15) is 37.8 Å². The minimum atomic E-state index is -2.74. The molecule has 4 atom stereocenters. The molecule has 0 spiro atoms. The van der Waals surface area contributed by atoms with Crippen LogP contribution in [0.15, 0.2) is 0 Å². The van der Waals surface area contributed by atoms with Gasteiger partial charge in [0.1, 0.15) is 0 Å². The van der Waals surface area contributed by atoms with Crippen LogP contribution in [0.25, 0.3) is 0 Å². The summed E-state index contributed by atoms with van der Waals surface area (Å²) in [6.45, 7) is 3.26. The van der Waals surface area contributed by atoms with Gasteiger partial charge in [0, 0.05) is 52.4 Å². The second-order valence-corrected chi connectivity index (χ2v) is 11.1. The normalized spacial score (nSPS) is 24.7. The third kappa shape index (κ3) is 13.0. The van der Waals surface area contributed by atoms with Crippen LogP contribution in [0.4, 0.5) is 0 Å². The lowest BCUT2D eigenvalue weighted by atomic mass is 10.4. The van der Waals surface area contributed by atoms with Crippen molar-refractivity contribution < 1.29 is 37.8 Å². The molecule has 0 aromatic heterocycles. The maximum absolute atomic E-state index is 11.3. The van der Waals surface area contributed by atoms with E-state index in [0.717, 1.165) is 0 Å². The molecule has 12 nitrogen and oxygen atoms in total. The number of hydrogen-bond acceptors (Lipinski definition) is 8. The van der Waals surface area contributed by atoms with Gasteiger partial charge in [-0.25, -0.2) is 0 Å². The zero-order valence-corrected chi connectivity index (χ0v) is 19.7. The summed E-state index contributed by atoms with van der Waals surface area (Å²) in [5.74, 6) is 0. The van der Waals surface area contributed by atoms with Crippen LogP contribution in [-0.4, -0.2) is 117 Å². The first-order valence-corrected chi connectivity index (χ1v) is 15.2. The van der Waals surface area contributed by atoms with Crippen LogP contribution in [-0.2, 0) is 18.3 Å². The summed E-state index contributed by atoms with van der Waals surface area (Å²) in [7, 11) is -11.0. The minimum absolute atomic E-state index is 0.00638. The SMILES string of the molecule is O=[PH](O)CN1CCN(C[PH](=O)O)CCN(C[PH](=O)O)CCN(C[PH](=O)O)CC1. The summed E-state index contributed by atoms with van der Waals surface area (Å²) < 4.78 is 45.2. The lowest BCUT2D eigenvalue weighted by Gasteiger charge is -2.33. The summed E-state index contributed by atoms with van der Waals surface area (Å²) in [5.41, 5.74) is 0. The lowest BCUT2D eigenvalue weighted by Crippen LogP contribution is -2.45. The zero-order chi connectivity index (χ0) is 21.1. The fraction of sp³-hybridized carbons (Fsp3) is 1.00. The zero-order valence-electron chi connectivity index (χ0n) is 15.7. The van der Waals surface area contributed by atoms with Gasteiger partial charge in [0.05, 0.1) is 25.1 Å². The van der Waals surface area contributed by atoms with E-state index in [4.69, 9.17) is 0 Å². The molecule has 16 heteroatoms. The van der Waals surface area contributed by atoms with Crippen molar-refractivity contribution in [3.8, 4) is 0 Å². The first kappa shape index (κ1) is 26.6. The molecule has 0 radical (unpaired) electrons. The number of hydrogen-bond donors (Lipinski definition) is 4. The molecule has 168 valence electrons. The fourth-order valence-corrected chi connectivity index (χ4v) is 5.77. The maximum atomic E-state index is 11.3. The summed E-state index contributed by atoms with van der Waals surface area (Å²) in [5, 5.41) is 0. The molecule has 0 aromatic rings. The van der Waals surface area contributed by atoms with Gasteiger partial charge in [-0.2, -0.15) is 0 Å². The van der Waals surface area contributed by atoms with Crippen LogP contribution in [0, 0.1) is 0 Å². The molecule has 0 bridgehead atoms. The average molecular weight is 484 g/mol. The molecule has 1 fully saturated rings. The van der Waals surface area contributed by atoms with Gasteiger partial charge in [0.25, 0.3) is 0 Å². The van der Waals surface area contributed by atoms with E-state index in [1.807, 2.05) is 0 Å². The van der Waals surface area contributed by atoms with Gasteiger partial charge < -0.3 is 19.6 Å². The monoisotopic (exact) mass is 484 g/mol. The molecule has 0 amide bonds. The molecular weight excluding hydrogens is 452 g/mol. The van der Waals surface area contributed by atoms with Gasteiger partial charge in [-0.15, -0.1) is 0 Å². The van der Waals surface area contributed by atoms with Gasteiger partial charge in [-0.3, -0.25) is 37.9 Å². The van der Waals surface area contributed by atoms with Gasteiger partial charge in [-0.05, 0) is 0 Å². The van der Waals surface area contributed by atoms with Crippen LogP contribution in [0.2, 0.25) is 0 Å². The van der Waals surface area contributed by atoms with Gasteiger partial charge in [-0.1, -0.05) is 0 Å². The Balaban J connectivity index is 2.90. The highest BCUT2D eigenvalue weighted by Crippen LogP contribution is 2.20. The third-order valence-corrected chi connectivity index (χ3v) is 7.24. The molecule has 1 aliphatic heterocycles. The van der Waals surface area contributed by atoms with Crippen molar-refractivity contribution in [2.24, 2.45) is 0 Å². The van der Waals surface area contributed by atoms with E-state index in [-0.39, 0.29) is 25.1 Å². The molecule has 0 aliphatic carbocycles. The quantitative estimate of drug-likeness (QED) is 0.309. The van der Waals surface area contributed by atoms with Gasteiger partial charge >= 0.3 is 0 Å². The van der Waals surface area contributed by atoms with Crippen molar-refractivity contribution in [3.63, 3.8) is 0 Å². The van der Waals surface area contributed by atoms with Crippen molar-refractivity contribution in [3.05, 3.63) is 0 Å². The fourth-order valence-electron chi connectivity index (χ4n) is 2.98. The van der Waals surface area contributed by atoms with Crippen molar-refractivity contribution in [1.82, 2.24) is 19.6 Å². The molecule has 1 heterocycles. The van der Waals surface area contributed by atoms with Crippen molar-refractivity contribution >= 4 is 32.1 Å². The van der Waals surface area contributed by atoms with E-state index < -0.39 is 32.1 Å². The minimum Gasteiger partial charge on any atom is -0.345 e. The highest BCUT2D eigenvalue weighted by atomic mass is 31.1. The van der Waals surface area contributed by atoms with Gasteiger partial charge in [0.2, 0.25) is 32.1 Å². The Labute approximate surface area is 167 Å².